The van der Waals surface area contributed by atoms with E-state index >= 15 is 0 Å². The number of fused-ring (bicyclic) bond motifs is 2. The third-order valence-corrected chi connectivity index (χ3v) is 7.96. The summed E-state index contributed by atoms with van der Waals surface area (Å²) in [6, 6.07) is 9.61. The van der Waals surface area contributed by atoms with Gasteiger partial charge in [-0.05, 0) is 73.4 Å². The zero-order chi connectivity index (χ0) is 26.4. The van der Waals surface area contributed by atoms with Gasteiger partial charge in [0.15, 0.2) is 0 Å². The summed E-state index contributed by atoms with van der Waals surface area (Å²) in [4.78, 5) is 22.3. The summed E-state index contributed by atoms with van der Waals surface area (Å²) in [5.74, 6) is 2.13. The van der Waals surface area contributed by atoms with Crippen molar-refractivity contribution in [2.45, 2.75) is 46.1 Å². The van der Waals surface area contributed by atoms with Crippen LogP contribution in [0.25, 0.3) is 22.2 Å². The number of piperidine rings is 1. The van der Waals surface area contributed by atoms with Crippen LogP contribution < -0.4 is 15.1 Å². The minimum absolute atomic E-state index is 0.186. The van der Waals surface area contributed by atoms with Gasteiger partial charge in [0.2, 0.25) is 5.95 Å². The van der Waals surface area contributed by atoms with Gasteiger partial charge in [-0.2, -0.15) is 5.10 Å². The van der Waals surface area contributed by atoms with Gasteiger partial charge in [-0.1, -0.05) is 18.4 Å². The fourth-order valence-corrected chi connectivity index (χ4v) is 5.62. The first-order chi connectivity index (χ1) is 18.4. The second-order valence-corrected chi connectivity index (χ2v) is 10.2. The van der Waals surface area contributed by atoms with E-state index in [1.165, 1.54) is 19.3 Å². The molecule has 2 aliphatic rings. The van der Waals surface area contributed by atoms with Gasteiger partial charge in [0, 0.05) is 48.7 Å². The lowest BCUT2D eigenvalue weighted by Crippen LogP contribution is -2.35. The zero-order valence-electron chi connectivity index (χ0n) is 22.1. The molecule has 11 heteroatoms. The largest absolute Gasteiger partial charge is 0.356 e. The van der Waals surface area contributed by atoms with Crippen LogP contribution in [0.2, 0.25) is 0 Å². The second-order valence-electron chi connectivity index (χ2n) is 10.2. The van der Waals surface area contributed by atoms with E-state index < -0.39 is 0 Å². The van der Waals surface area contributed by atoms with Crippen LogP contribution in [0.3, 0.4) is 0 Å². The Morgan fingerprint density at radius 2 is 2.11 bits per heavy atom. The van der Waals surface area contributed by atoms with Gasteiger partial charge in [-0.25, -0.2) is 9.67 Å². The molecule has 0 radical (unpaired) electrons. The molecule has 196 valence electrons. The number of nitrogens with one attached hydrogen (secondary N) is 2. The smallest absolute Gasteiger partial charge is 0.255 e. The number of aromatic nitrogens is 7. The number of hydrogen-bond donors (Lipinski definition) is 2. The monoisotopic (exact) mass is 512 g/mol. The third-order valence-electron chi connectivity index (χ3n) is 7.96. The molecule has 0 unspecified atom stereocenters. The van der Waals surface area contributed by atoms with Crippen molar-refractivity contribution in [1.82, 2.24) is 35.4 Å². The van der Waals surface area contributed by atoms with Crippen LogP contribution in [0.15, 0.2) is 47.8 Å². The summed E-state index contributed by atoms with van der Waals surface area (Å²) in [6.07, 6.45) is 5.53. The summed E-state index contributed by atoms with van der Waals surface area (Å²) in [6.45, 7) is 8.17. The molecule has 1 fully saturated rings. The fourth-order valence-electron chi connectivity index (χ4n) is 5.62. The third kappa shape index (κ3) is 4.07. The van der Waals surface area contributed by atoms with E-state index in [1.54, 1.807) is 4.68 Å². The number of hydrogen-bond acceptors (Lipinski definition) is 8. The van der Waals surface area contributed by atoms with E-state index in [-0.39, 0.29) is 11.9 Å². The molecule has 11 nitrogen and oxygen atoms in total. The summed E-state index contributed by atoms with van der Waals surface area (Å²) in [5, 5.41) is 23.7. The van der Waals surface area contributed by atoms with Crippen molar-refractivity contribution in [3.05, 3.63) is 47.8 Å². The molecule has 4 aromatic rings. The highest BCUT2D eigenvalue weighted by molar-refractivity contribution is 6.07. The normalized spacial score (nSPS) is 19.7. The van der Waals surface area contributed by atoms with Crippen molar-refractivity contribution in [1.29, 1.82) is 0 Å². The fraction of sp³-hybridized carbons (Fsp3) is 0.407. The van der Waals surface area contributed by atoms with E-state index in [0.717, 1.165) is 46.8 Å². The molecule has 0 spiro atoms. The first kappa shape index (κ1) is 24.1. The molecule has 2 N–H and O–H groups in total. The predicted octanol–water partition coefficient (Wildman–Crippen LogP) is 4.16. The van der Waals surface area contributed by atoms with Gasteiger partial charge < -0.3 is 15.1 Å². The summed E-state index contributed by atoms with van der Waals surface area (Å²) >= 11 is 0. The highest BCUT2D eigenvalue weighted by Crippen LogP contribution is 2.34. The molecule has 6 rings (SSSR count). The number of anilines is 3. The second kappa shape index (κ2) is 9.55. The standard InChI is InChI=1S/C27H32N10O/c1-5-18-7-6-12-36(15-18)23-13-19(10-11-28-23)25-21-14-20(8-9-22(21)30-31-25)29-26(38)24-16(2)35(4)27-32-33-34-37(27)17(24)3/h8-11,13-14,17-18H,5-7,12,15H2,1-4H3,(H,29,38)(H,30,31)/t17-,18-/m0/s1. The van der Waals surface area contributed by atoms with Crippen molar-refractivity contribution in [3.63, 3.8) is 0 Å². The van der Waals surface area contributed by atoms with Crippen molar-refractivity contribution in [2.75, 3.05) is 35.3 Å². The number of pyridine rings is 1. The van der Waals surface area contributed by atoms with Crippen molar-refractivity contribution in [3.8, 4) is 11.3 Å². The van der Waals surface area contributed by atoms with Crippen LogP contribution >= 0.6 is 0 Å². The number of nitrogens with zero attached hydrogens (tertiary/aromatic N) is 8. The summed E-state index contributed by atoms with van der Waals surface area (Å²) < 4.78 is 1.66. The molecule has 3 aromatic heterocycles. The maximum absolute atomic E-state index is 13.5. The molecule has 0 saturated carbocycles. The van der Waals surface area contributed by atoms with Gasteiger partial charge in [-0.15, -0.1) is 0 Å². The number of tetrazole rings is 1. The average molecular weight is 513 g/mol. The Kier molecular flexibility index (Phi) is 6.05. The Balaban J connectivity index is 1.28. The van der Waals surface area contributed by atoms with Gasteiger partial charge in [-0.3, -0.25) is 9.89 Å². The first-order valence-corrected chi connectivity index (χ1v) is 13.2. The number of carbonyl (C=O) groups is 1. The molecular formula is C27H32N10O. The number of H-pyrrole nitrogens is 1. The number of carbonyl (C=O) groups excluding carboxylic acids is 1. The van der Waals surface area contributed by atoms with E-state index in [0.29, 0.717) is 23.1 Å². The van der Waals surface area contributed by atoms with Gasteiger partial charge in [0.05, 0.1) is 17.1 Å². The molecule has 0 bridgehead atoms. The van der Waals surface area contributed by atoms with Crippen LogP contribution in [0.1, 0.15) is 46.1 Å². The quantitative estimate of drug-likeness (QED) is 0.409. The number of aromatic amines is 1. The zero-order valence-corrected chi connectivity index (χ0v) is 22.1. The predicted molar refractivity (Wildman–Crippen MR) is 147 cm³/mol. The van der Waals surface area contributed by atoms with Crippen molar-refractivity contribution >= 4 is 34.3 Å². The van der Waals surface area contributed by atoms with E-state index in [4.69, 9.17) is 0 Å². The lowest BCUT2D eigenvalue weighted by Gasteiger charge is -2.33. The summed E-state index contributed by atoms with van der Waals surface area (Å²) in [7, 11) is 1.86. The van der Waals surface area contributed by atoms with Crippen LogP contribution in [0.5, 0.6) is 0 Å². The van der Waals surface area contributed by atoms with Gasteiger partial charge >= 0.3 is 0 Å². The van der Waals surface area contributed by atoms with Crippen LogP contribution in [0.4, 0.5) is 17.5 Å². The molecule has 0 aliphatic carbocycles. The average Bonchev–Trinajstić information content (AvgIpc) is 3.60. The number of allylic oxidation sites excluding steroid dienone is 1. The van der Waals surface area contributed by atoms with Gasteiger partial charge in [0.25, 0.3) is 5.91 Å². The lowest BCUT2D eigenvalue weighted by molar-refractivity contribution is -0.113. The molecule has 1 aromatic carbocycles. The Morgan fingerprint density at radius 1 is 1.24 bits per heavy atom. The van der Waals surface area contributed by atoms with Gasteiger partial charge in [0.1, 0.15) is 11.5 Å². The topological polar surface area (TPSA) is 121 Å². The Morgan fingerprint density at radius 3 is 2.95 bits per heavy atom. The van der Waals surface area contributed by atoms with Crippen molar-refractivity contribution < 1.29 is 4.79 Å². The molecule has 38 heavy (non-hydrogen) atoms. The van der Waals surface area contributed by atoms with Crippen LogP contribution in [-0.2, 0) is 4.79 Å². The highest BCUT2D eigenvalue weighted by Gasteiger charge is 2.32. The summed E-state index contributed by atoms with van der Waals surface area (Å²) in [5.41, 5.74) is 4.86. The number of amides is 1. The van der Waals surface area contributed by atoms with Crippen LogP contribution in [0, 0.1) is 5.92 Å². The van der Waals surface area contributed by atoms with Crippen LogP contribution in [-0.4, -0.2) is 61.4 Å². The maximum atomic E-state index is 13.5. The molecule has 2 aliphatic heterocycles. The SMILES string of the molecule is CC[C@H]1CCCN(c2cc(-c3n[nH]c4ccc(NC(=O)C5=C(C)N(C)c6nnnn6[C@H]5C)cc34)ccn2)C1. The Hall–Kier alpha value is -4.28. The minimum Gasteiger partial charge on any atom is -0.356 e. The lowest BCUT2D eigenvalue weighted by atomic mass is 9.95. The number of benzene rings is 1. The molecule has 1 amide bonds. The van der Waals surface area contributed by atoms with E-state index in [2.05, 4.69) is 53.9 Å². The highest BCUT2D eigenvalue weighted by atomic mass is 16.1. The Bertz CT molecular complexity index is 1540. The molecular weight excluding hydrogens is 480 g/mol. The van der Waals surface area contributed by atoms with E-state index in [9.17, 15) is 4.79 Å². The maximum Gasteiger partial charge on any atom is 0.255 e. The Labute approximate surface area is 220 Å². The molecule has 5 heterocycles. The molecule has 1 saturated heterocycles. The first-order valence-electron chi connectivity index (χ1n) is 13.2. The molecule has 2 atom stereocenters. The van der Waals surface area contributed by atoms with E-state index in [1.807, 2.05) is 56.3 Å². The minimum atomic E-state index is -0.290. The van der Waals surface area contributed by atoms with Crippen molar-refractivity contribution in [2.24, 2.45) is 5.92 Å². The number of rotatable bonds is 5.